The quantitative estimate of drug-likeness (QED) is 0.781. The Morgan fingerprint density at radius 3 is 2.68 bits per heavy atom. The van der Waals surface area contributed by atoms with Gasteiger partial charge in [0, 0.05) is 29.9 Å². The lowest BCUT2D eigenvalue weighted by molar-refractivity contribution is -0.130. The third-order valence-electron chi connectivity index (χ3n) is 4.86. The molecule has 1 fully saturated rings. The number of nitrogens with zero attached hydrogens (tertiary/aromatic N) is 1. The Morgan fingerprint density at radius 2 is 1.92 bits per heavy atom. The van der Waals surface area contributed by atoms with Crippen LogP contribution >= 0.6 is 0 Å². The molecule has 1 saturated heterocycles. The van der Waals surface area contributed by atoms with Crippen LogP contribution in [0.2, 0.25) is 0 Å². The number of ether oxygens (including phenoxy) is 1. The molecule has 1 atom stereocenters. The molecule has 5 heteroatoms. The predicted molar refractivity (Wildman–Crippen MR) is 99.2 cm³/mol. The van der Waals surface area contributed by atoms with Gasteiger partial charge in [0.15, 0.2) is 0 Å². The number of para-hydroxylation sites is 1. The number of hydrogen-bond acceptors (Lipinski definition) is 4. The van der Waals surface area contributed by atoms with Gasteiger partial charge in [-0.15, -0.1) is 0 Å². The summed E-state index contributed by atoms with van der Waals surface area (Å²) in [5, 5.41) is 5.37. The first-order chi connectivity index (χ1) is 12.2. The topological polar surface area (TPSA) is 54.7 Å². The minimum atomic E-state index is -0.311. The Bertz CT molecular complexity index is 925. The maximum Gasteiger partial charge on any atom is 0.244 e. The van der Waals surface area contributed by atoms with Crippen molar-refractivity contribution >= 4 is 33.5 Å². The zero-order valence-electron chi connectivity index (χ0n) is 14.5. The Morgan fingerprint density at radius 1 is 1.16 bits per heavy atom. The summed E-state index contributed by atoms with van der Waals surface area (Å²) in [6.07, 6.45) is 2.18. The lowest BCUT2D eigenvalue weighted by atomic mass is 10.1. The summed E-state index contributed by atoms with van der Waals surface area (Å²) in [6.45, 7) is 3.60. The molecule has 2 aromatic carbocycles. The van der Waals surface area contributed by atoms with E-state index in [1.165, 1.54) is 0 Å². The molecule has 0 bridgehead atoms. The number of anilines is 1. The summed E-state index contributed by atoms with van der Waals surface area (Å²) < 4.78 is 11.5. The molecule has 0 unspecified atom stereocenters. The molecule has 1 aliphatic heterocycles. The number of fused-ring (bicyclic) bond motifs is 3. The van der Waals surface area contributed by atoms with Gasteiger partial charge in [0.25, 0.3) is 0 Å². The van der Waals surface area contributed by atoms with E-state index in [0.29, 0.717) is 5.75 Å². The van der Waals surface area contributed by atoms with Crippen molar-refractivity contribution in [2.45, 2.75) is 25.8 Å². The second kappa shape index (κ2) is 6.31. The first kappa shape index (κ1) is 15.8. The average molecular weight is 338 g/mol. The van der Waals surface area contributed by atoms with Crippen LogP contribution in [0.15, 0.2) is 40.8 Å². The molecule has 0 spiro atoms. The van der Waals surface area contributed by atoms with Gasteiger partial charge in [0.05, 0.1) is 12.8 Å². The lowest BCUT2D eigenvalue weighted by Gasteiger charge is -2.22. The Labute approximate surface area is 146 Å². The number of likely N-dealkylation sites (tertiary alicyclic amines) is 1. The van der Waals surface area contributed by atoms with Crippen molar-refractivity contribution in [1.29, 1.82) is 0 Å². The van der Waals surface area contributed by atoms with Crippen molar-refractivity contribution in [1.82, 2.24) is 4.90 Å². The summed E-state index contributed by atoms with van der Waals surface area (Å²) >= 11 is 0. The van der Waals surface area contributed by atoms with Gasteiger partial charge in [0.1, 0.15) is 23.0 Å². The van der Waals surface area contributed by atoms with Gasteiger partial charge in [-0.2, -0.15) is 0 Å². The molecule has 1 aliphatic rings. The molecule has 4 rings (SSSR count). The molecule has 1 amide bonds. The molecule has 0 aliphatic carbocycles. The van der Waals surface area contributed by atoms with Crippen molar-refractivity contribution in [3.8, 4) is 5.75 Å². The molecule has 0 radical (unpaired) electrons. The number of amides is 1. The van der Waals surface area contributed by atoms with E-state index in [4.69, 9.17) is 9.15 Å². The van der Waals surface area contributed by atoms with E-state index >= 15 is 0 Å². The van der Waals surface area contributed by atoms with Gasteiger partial charge < -0.3 is 19.4 Å². The Kier molecular flexibility index (Phi) is 3.99. The van der Waals surface area contributed by atoms with Gasteiger partial charge in [-0.25, -0.2) is 0 Å². The van der Waals surface area contributed by atoms with Crippen LogP contribution in [0, 0.1) is 0 Å². The van der Waals surface area contributed by atoms with Crippen LogP contribution in [0.5, 0.6) is 5.75 Å². The summed E-state index contributed by atoms with van der Waals surface area (Å²) in [5.74, 6) is 0.837. The highest BCUT2D eigenvalue weighted by molar-refractivity contribution is 6.06. The monoisotopic (exact) mass is 338 g/mol. The number of methoxy groups -OCH3 is 1. The Hall–Kier alpha value is -2.69. The van der Waals surface area contributed by atoms with Crippen LogP contribution in [-0.4, -0.2) is 37.0 Å². The molecule has 1 aromatic heterocycles. The number of carbonyl (C=O) groups excluding carboxylic acids is 1. The fourth-order valence-corrected chi connectivity index (χ4v) is 3.54. The largest absolute Gasteiger partial charge is 0.495 e. The van der Waals surface area contributed by atoms with E-state index < -0.39 is 0 Å². The zero-order valence-corrected chi connectivity index (χ0v) is 14.5. The van der Waals surface area contributed by atoms with E-state index in [1.54, 1.807) is 7.11 Å². The second-order valence-corrected chi connectivity index (χ2v) is 6.55. The number of furan rings is 1. The number of carbonyl (C=O) groups is 1. The first-order valence-corrected chi connectivity index (χ1v) is 8.72. The van der Waals surface area contributed by atoms with Crippen molar-refractivity contribution in [3.63, 3.8) is 0 Å². The fraction of sp³-hybridized carbons (Fsp3) is 0.350. The van der Waals surface area contributed by atoms with E-state index in [9.17, 15) is 4.79 Å². The highest BCUT2D eigenvalue weighted by Crippen LogP contribution is 2.36. The van der Waals surface area contributed by atoms with Gasteiger partial charge >= 0.3 is 0 Å². The van der Waals surface area contributed by atoms with Crippen LogP contribution < -0.4 is 10.1 Å². The minimum absolute atomic E-state index is 0.129. The van der Waals surface area contributed by atoms with Crippen molar-refractivity contribution in [2.24, 2.45) is 0 Å². The molecule has 2 heterocycles. The van der Waals surface area contributed by atoms with Crippen molar-refractivity contribution in [2.75, 3.05) is 25.5 Å². The number of rotatable bonds is 4. The zero-order chi connectivity index (χ0) is 17.4. The first-order valence-electron chi connectivity index (χ1n) is 8.72. The summed E-state index contributed by atoms with van der Waals surface area (Å²) in [5.41, 5.74) is 2.40. The standard InChI is InChI=1S/C20H22N2O3/c1-13(20(23)22-9-5-6-10-22)21-16-12-18-15(11-19(16)24-2)14-7-3-4-8-17(14)25-18/h3-4,7-8,11-13,21H,5-6,9-10H2,1-2H3/t13-/m0/s1. The molecule has 25 heavy (non-hydrogen) atoms. The third-order valence-corrected chi connectivity index (χ3v) is 4.86. The van der Waals surface area contributed by atoms with Gasteiger partial charge in [-0.1, -0.05) is 18.2 Å². The molecule has 130 valence electrons. The van der Waals surface area contributed by atoms with Crippen LogP contribution in [0.25, 0.3) is 21.9 Å². The fourth-order valence-electron chi connectivity index (χ4n) is 3.54. The minimum Gasteiger partial charge on any atom is -0.495 e. The molecular formula is C20H22N2O3. The van der Waals surface area contributed by atoms with Gasteiger partial charge in [-0.05, 0) is 31.9 Å². The van der Waals surface area contributed by atoms with Crippen LogP contribution in [0.4, 0.5) is 5.69 Å². The third kappa shape index (κ3) is 2.80. The summed E-state index contributed by atoms with van der Waals surface area (Å²) in [4.78, 5) is 14.5. The normalized spacial score (nSPS) is 15.7. The number of benzene rings is 2. The van der Waals surface area contributed by atoms with Gasteiger partial charge in [0.2, 0.25) is 5.91 Å². The highest BCUT2D eigenvalue weighted by Gasteiger charge is 2.24. The second-order valence-electron chi connectivity index (χ2n) is 6.55. The maximum atomic E-state index is 12.6. The number of hydrogen-bond donors (Lipinski definition) is 1. The summed E-state index contributed by atoms with van der Waals surface area (Å²) in [7, 11) is 1.64. The molecular weight excluding hydrogens is 316 g/mol. The van der Waals surface area contributed by atoms with Crippen molar-refractivity contribution < 1.29 is 13.9 Å². The molecule has 1 N–H and O–H groups in total. The van der Waals surface area contributed by atoms with Crippen LogP contribution in [-0.2, 0) is 4.79 Å². The van der Waals surface area contributed by atoms with E-state index in [0.717, 1.165) is 53.6 Å². The van der Waals surface area contributed by atoms with Crippen LogP contribution in [0.1, 0.15) is 19.8 Å². The molecule has 3 aromatic rings. The summed E-state index contributed by atoms with van der Waals surface area (Å²) in [6, 6.07) is 11.5. The smallest absolute Gasteiger partial charge is 0.244 e. The Balaban J connectivity index is 1.68. The molecule has 5 nitrogen and oxygen atoms in total. The molecule has 0 saturated carbocycles. The average Bonchev–Trinajstić information content (AvgIpc) is 3.27. The van der Waals surface area contributed by atoms with E-state index in [2.05, 4.69) is 5.32 Å². The van der Waals surface area contributed by atoms with Crippen molar-refractivity contribution in [3.05, 3.63) is 36.4 Å². The highest BCUT2D eigenvalue weighted by atomic mass is 16.5. The van der Waals surface area contributed by atoms with E-state index in [1.807, 2.05) is 48.2 Å². The van der Waals surface area contributed by atoms with Gasteiger partial charge in [-0.3, -0.25) is 4.79 Å². The lowest BCUT2D eigenvalue weighted by Crippen LogP contribution is -2.39. The SMILES string of the molecule is COc1cc2c(cc1N[C@@H](C)C(=O)N1CCCC1)oc1ccccc12. The number of nitrogens with one attached hydrogen (secondary N) is 1. The van der Waals surface area contributed by atoms with E-state index in [-0.39, 0.29) is 11.9 Å². The maximum absolute atomic E-state index is 12.6. The predicted octanol–water partition coefficient (Wildman–Crippen LogP) is 4.02. The van der Waals surface area contributed by atoms with Crippen LogP contribution in [0.3, 0.4) is 0 Å².